The predicted molar refractivity (Wildman–Crippen MR) is 63.5 cm³/mol. The summed E-state index contributed by atoms with van der Waals surface area (Å²) < 4.78 is 0. The van der Waals surface area contributed by atoms with Gasteiger partial charge in [0.25, 0.3) is 0 Å². The van der Waals surface area contributed by atoms with Crippen LogP contribution in [-0.2, 0) is 0 Å². The second-order valence-corrected chi connectivity index (χ2v) is 4.40. The van der Waals surface area contributed by atoms with Crippen LogP contribution in [0.1, 0.15) is 18.4 Å². The van der Waals surface area contributed by atoms with E-state index in [9.17, 15) is 0 Å². The Bertz CT molecular complexity index is 335. The maximum absolute atomic E-state index is 6.02. The number of hydrogen-bond acceptors (Lipinski definition) is 3. The monoisotopic (exact) mass is 225 g/mol. The van der Waals surface area contributed by atoms with Gasteiger partial charge in [-0.25, -0.2) is 4.98 Å². The maximum atomic E-state index is 6.02. The third kappa shape index (κ3) is 2.83. The Morgan fingerprint density at radius 3 is 3.20 bits per heavy atom. The second-order valence-electron chi connectivity index (χ2n) is 4.04. The van der Waals surface area contributed by atoms with Crippen molar-refractivity contribution in [2.24, 2.45) is 0 Å². The molecule has 1 aromatic rings. The molecule has 0 radical (unpaired) electrons. The smallest absolute Gasteiger partial charge is 0.152 e. The van der Waals surface area contributed by atoms with Crippen molar-refractivity contribution < 1.29 is 0 Å². The van der Waals surface area contributed by atoms with E-state index >= 15 is 0 Å². The zero-order chi connectivity index (χ0) is 10.7. The maximum Gasteiger partial charge on any atom is 0.152 e. The summed E-state index contributed by atoms with van der Waals surface area (Å²) >= 11 is 6.02. The van der Waals surface area contributed by atoms with E-state index in [4.69, 9.17) is 11.6 Å². The van der Waals surface area contributed by atoms with Gasteiger partial charge in [-0.05, 0) is 37.9 Å². The van der Waals surface area contributed by atoms with Gasteiger partial charge >= 0.3 is 0 Å². The van der Waals surface area contributed by atoms with Crippen LogP contribution in [0.3, 0.4) is 0 Å². The fraction of sp³-hybridized carbons (Fsp3) is 0.545. The number of pyridine rings is 1. The van der Waals surface area contributed by atoms with Gasteiger partial charge in [-0.1, -0.05) is 11.6 Å². The molecule has 1 aliphatic rings. The molecule has 0 bridgehead atoms. The molecular formula is C11H16ClN3. The average molecular weight is 226 g/mol. The minimum Gasteiger partial charge on any atom is -0.379 e. The minimum absolute atomic E-state index is 0.472. The number of aryl methyl sites for hydroxylation is 1. The standard InChI is InChI=1S/C11H16ClN3/c1-8-5-10(11(12)14-6-8)15-9-3-2-4-13-7-9/h5-6,9,13,15H,2-4,7H2,1H3. The summed E-state index contributed by atoms with van der Waals surface area (Å²) in [6, 6.07) is 2.52. The van der Waals surface area contributed by atoms with Crippen molar-refractivity contribution in [3.63, 3.8) is 0 Å². The molecule has 1 aromatic heterocycles. The molecule has 15 heavy (non-hydrogen) atoms. The van der Waals surface area contributed by atoms with E-state index in [1.807, 2.05) is 13.0 Å². The molecule has 1 atom stereocenters. The molecule has 2 rings (SSSR count). The van der Waals surface area contributed by atoms with E-state index in [0.29, 0.717) is 11.2 Å². The van der Waals surface area contributed by atoms with Gasteiger partial charge < -0.3 is 10.6 Å². The van der Waals surface area contributed by atoms with Gasteiger partial charge in [0.1, 0.15) is 0 Å². The summed E-state index contributed by atoms with van der Waals surface area (Å²) in [7, 11) is 0. The van der Waals surface area contributed by atoms with Crippen LogP contribution in [0, 0.1) is 6.92 Å². The first-order valence-electron chi connectivity index (χ1n) is 5.35. The van der Waals surface area contributed by atoms with Crippen LogP contribution in [0.15, 0.2) is 12.3 Å². The van der Waals surface area contributed by atoms with Gasteiger partial charge in [0.2, 0.25) is 0 Å². The van der Waals surface area contributed by atoms with Crippen LogP contribution in [0.2, 0.25) is 5.15 Å². The third-order valence-corrected chi connectivity index (χ3v) is 2.93. The molecule has 1 unspecified atom stereocenters. The Labute approximate surface area is 95.2 Å². The molecule has 2 heterocycles. The van der Waals surface area contributed by atoms with Gasteiger partial charge in [-0.2, -0.15) is 0 Å². The van der Waals surface area contributed by atoms with Crippen molar-refractivity contribution >= 4 is 17.3 Å². The van der Waals surface area contributed by atoms with Crippen LogP contribution in [-0.4, -0.2) is 24.1 Å². The molecule has 1 fully saturated rings. The first-order valence-corrected chi connectivity index (χ1v) is 5.73. The topological polar surface area (TPSA) is 37.0 Å². The Morgan fingerprint density at radius 1 is 1.60 bits per heavy atom. The number of nitrogens with zero attached hydrogens (tertiary/aromatic N) is 1. The Balaban J connectivity index is 2.05. The molecule has 2 N–H and O–H groups in total. The number of halogens is 1. The summed E-state index contributed by atoms with van der Waals surface area (Å²) in [6.07, 6.45) is 4.19. The lowest BCUT2D eigenvalue weighted by Gasteiger charge is -2.25. The van der Waals surface area contributed by atoms with Gasteiger partial charge in [0, 0.05) is 18.8 Å². The molecule has 0 aromatic carbocycles. The van der Waals surface area contributed by atoms with Crippen molar-refractivity contribution in [1.82, 2.24) is 10.3 Å². The van der Waals surface area contributed by atoms with Crippen molar-refractivity contribution in [3.05, 3.63) is 23.0 Å². The summed E-state index contributed by atoms with van der Waals surface area (Å²) in [5.41, 5.74) is 2.08. The summed E-state index contributed by atoms with van der Waals surface area (Å²) in [6.45, 7) is 4.15. The van der Waals surface area contributed by atoms with E-state index in [2.05, 4.69) is 15.6 Å². The number of aromatic nitrogens is 1. The first-order chi connectivity index (χ1) is 7.25. The largest absolute Gasteiger partial charge is 0.379 e. The van der Waals surface area contributed by atoms with Gasteiger partial charge in [-0.3, -0.25) is 0 Å². The molecule has 1 saturated heterocycles. The predicted octanol–water partition coefficient (Wildman–Crippen LogP) is 2.21. The fourth-order valence-corrected chi connectivity index (χ4v) is 2.01. The SMILES string of the molecule is Cc1cnc(Cl)c(NC2CCCNC2)c1. The molecule has 0 saturated carbocycles. The Kier molecular flexibility index (Phi) is 3.44. The highest BCUT2D eigenvalue weighted by Crippen LogP contribution is 2.21. The van der Waals surface area contributed by atoms with Gasteiger partial charge in [0.15, 0.2) is 5.15 Å². The van der Waals surface area contributed by atoms with Gasteiger partial charge in [0.05, 0.1) is 5.69 Å². The van der Waals surface area contributed by atoms with E-state index < -0.39 is 0 Å². The lowest BCUT2D eigenvalue weighted by Crippen LogP contribution is -2.38. The molecule has 0 spiro atoms. The van der Waals surface area contributed by atoms with Crippen LogP contribution < -0.4 is 10.6 Å². The van der Waals surface area contributed by atoms with E-state index in [-0.39, 0.29) is 0 Å². The normalized spacial score (nSPS) is 21.3. The summed E-state index contributed by atoms with van der Waals surface area (Å²) in [5.74, 6) is 0. The molecule has 0 aliphatic carbocycles. The van der Waals surface area contributed by atoms with Crippen molar-refractivity contribution in [2.45, 2.75) is 25.8 Å². The first kappa shape index (κ1) is 10.7. The number of anilines is 1. The summed E-state index contributed by atoms with van der Waals surface area (Å²) in [5, 5.41) is 7.36. The van der Waals surface area contributed by atoms with Crippen LogP contribution in [0.4, 0.5) is 5.69 Å². The lowest BCUT2D eigenvalue weighted by molar-refractivity contribution is 0.480. The van der Waals surface area contributed by atoms with Crippen LogP contribution in [0.5, 0.6) is 0 Å². The van der Waals surface area contributed by atoms with E-state index in [0.717, 1.165) is 24.3 Å². The molecule has 3 nitrogen and oxygen atoms in total. The molecular weight excluding hydrogens is 210 g/mol. The highest BCUT2D eigenvalue weighted by atomic mass is 35.5. The van der Waals surface area contributed by atoms with Gasteiger partial charge in [-0.15, -0.1) is 0 Å². The quantitative estimate of drug-likeness (QED) is 0.758. The van der Waals surface area contributed by atoms with Crippen molar-refractivity contribution in [2.75, 3.05) is 18.4 Å². The van der Waals surface area contributed by atoms with E-state index in [1.54, 1.807) is 6.20 Å². The lowest BCUT2D eigenvalue weighted by atomic mass is 10.1. The van der Waals surface area contributed by atoms with Crippen LogP contribution in [0.25, 0.3) is 0 Å². The number of nitrogens with one attached hydrogen (secondary N) is 2. The van der Waals surface area contributed by atoms with Crippen molar-refractivity contribution in [1.29, 1.82) is 0 Å². The molecule has 0 amide bonds. The fourth-order valence-electron chi connectivity index (χ4n) is 1.85. The molecule has 1 aliphatic heterocycles. The molecule has 4 heteroatoms. The Morgan fingerprint density at radius 2 is 2.47 bits per heavy atom. The van der Waals surface area contributed by atoms with Crippen molar-refractivity contribution in [3.8, 4) is 0 Å². The zero-order valence-electron chi connectivity index (χ0n) is 8.89. The highest BCUT2D eigenvalue weighted by molar-refractivity contribution is 6.31. The number of piperidine rings is 1. The number of rotatable bonds is 2. The minimum atomic E-state index is 0.472. The highest BCUT2D eigenvalue weighted by Gasteiger charge is 2.13. The van der Waals surface area contributed by atoms with Crippen LogP contribution >= 0.6 is 11.6 Å². The third-order valence-electron chi connectivity index (χ3n) is 2.63. The summed E-state index contributed by atoms with van der Waals surface area (Å²) in [4.78, 5) is 4.13. The second kappa shape index (κ2) is 4.81. The average Bonchev–Trinajstić information content (AvgIpc) is 2.25. The zero-order valence-corrected chi connectivity index (χ0v) is 9.64. The molecule has 82 valence electrons. The Hall–Kier alpha value is -0.800. The number of hydrogen-bond donors (Lipinski definition) is 2. The van der Waals surface area contributed by atoms with E-state index in [1.165, 1.54) is 12.8 Å².